The van der Waals surface area contributed by atoms with E-state index in [0.717, 1.165) is 24.8 Å². The van der Waals surface area contributed by atoms with Gasteiger partial charge in [-0.2, -0.15) is 0 Å². The van der Waals surface area contributed by atoms with Crippen LogP contribution in [0.15, 0.2) is 24.3 Å². The van der Waals surface area contributed by atoms with Crippen LogP contribution in [-0.4, -0.2) is 43.0 Å². The van der Waals surface area contributed by atoms with Crippen molar-refractivity contribution in [1.82, 2.24) is 10.2 Å². The van der Waals surface area contributed by atoms with Gasteiger partial charge in [0.15, 0.2) is 0 Å². The molecule has 2 amide bonds. The minimum absolute atomic E-state index is 0.162. The summed E-state index contributed by atoms with van der Waals surface area (Å²) in [6, 6.07) is 8.09. The number of ether oxygens (including phenoxy) is 1. The number of likely N-dealkylation sites (tertiary alicyclic amines) is 1. The molecule has 0 aliphatic carbocycles. The van der Waals surface area contributed by atoms with Crippen molar-refractivity contribution in [3.8, 4) is 0 Å². The molecule has 1 N–H and O–H groups in total. The van der Waals surface area contributed by atoms with Crippen molar-refractivity contribution < 1.29 is 14.3 Å². The third-order valence-electron chi connectivity index (χ3n) is 4.13. The topological polar surface area (TPSA) is 58.6 Å². The van der Waals surface area contributed by atoms with Crippen molar-refractivity contribution in [2.45, 2.75) is 25.4 Å². The number of rotatable bonds is 2. The number of amides is 2. The van der Waals surface area contributed by atoms with Crippen LogP contribution >= 0.6 is 0 Å². The second-order valence-electron chi connectivity index (χ2n) is 5.52. The third-order valence-corrected chi connectivity index (χ3v) is 4.13. The van der Waals surface area contributed by atoms with Crippen molar-refractivity contribution in [2.24, 2.45) is 0 Å². The molecule has 1 aromatic rings. The average molecular weight is 288 g/mol. The van der Waals surface area contributed by atoms with Gasteiger partial charge in [-0.05, 0) is 30.4 Å². The number of carbonyl (C=O) groups excluding carboxylic acids is 2. The summed E-state index contributed by atoms with van der Waals surface area (Å²) in [5.41, 5.74) is 2.37. The monoisotopic (exact) mass is 288 g/mol. The molecule has 1 aromatic carbocycles. The molecular formula is C16H20N2O3. The maximum atomic E-state index is 11.9. The zero-order valence-electron chi connectivity index (χ0n) is 12.0. The molecule has 0 radical (unpaired) electrons. The summed E-state index contributed by atoms with van der Waals surface area (Å²) < 4.78 is 5.72. The molecule has 2 heterocycles. The van der Waals surface area contributed by atoms with Crippen LogP contribution in [0.1, 0.15) is 30.1 Å². The SMILES string of the molecule is O=C(NC[C@@H]1OCCc2ccccc21)C(=O)N1CCCC1. The summed E-state index contributed by atoms with van der Waals surface area (Å²) in [5, 5.41) is 2.71. The number of hydrogen-bond donors (Lipinski definition) is 1. The van der Waals surface area contributed by atoms with Crippen LogP contribution in [0.5, 0.6) is 0 Å². The quantitative estimate of drug-likeness (QED) is 0.827. The van der Waals surface area contributed by atoms with Gasteiger partial charge in [0, 0.05) is 19.6 Å². The maximum absolute atomic E-state index is 11.9. The van der Waals surface area contributed by atoms with E-state index >= 15 is 0 Å². The Bertz CT molecular complexity index is 538. The van der Waals surface area contributed by atoms with Gasteiger partial charge < -0.3 is 15.0 Å². The third kappa shape index (κ3) is 3.08. The number of nitrogens with one attached hydrogen (secondary N) is 1. The Kier molecular flexibility index (Phi) is 4.20. The van der Waals surface area contributed by atoms with Gasteiger partial charge in [0.2, 0.25) is 0 Å². The number of hydrogen-bond acceptors (Lipinski definition) is 3. The molecule has 3 rings (SSSR count). The summed E-state index contributed by atoms with van der Waals surface area (Å²) >= 11 is 0. The molecular weight excluding hydrogens is 268 g/mol. The van der Waals surface area contributed by atoms with Gasteiger partial charge in [-0.3, -0.25) is 9.59 Å². The minimum atomic E-state index is -0.524. The second kappa shape index (κ2) is 6.26. The molecule has 0 unspecified atom stereocenters. The van der Waals surface area contributed by atoms with Crippen molar-refractivity contribution in [1.29, 1.82) is 0 Å². The number of carbonyl (C=O) groups is 2. The lowest BCUT2D eigenvalue weighted by Gasteiger charge is -2.26. The molecule has 1 atom stereocenters. The smallest absolute Gasteiger partial charge is 0.311 e. The van der Waals surface area contributed by atoms with E-state index in [2.05, 4.69) is 11.4 Å². The Morgan fingerprint density at radius 3 is 2.81 bits per heavy atom. The highest BCUT2D eigenvalue weighted by molar-refractivity contribution is 6.35. The largest absolute Gasteiger partial charge is 0.371 e. The van der Waals surface area contributed by atoms with E-state index in [1.165, 1.54) is 5.56 Å². The standard InChI is InChI=1S/C16H20N2O3/c19-15(16(20)18-8-3-4-9-18)17-11-14-13-6-2-1-5-12(13)7-10-21-14/h1-2,5-6,14H,3-4,7-11H2,(H,17,19)/t14-/m0/s1. The van der Waals surface area contributed by atoms with Crippen molar-refractivity contribution in [3.63, 3.8) is 0 Å². The molecule has 0 bridgehead atoms. The maximum Gasteiger partial charge on any atom is 0.311 e. The summed E-state index contributed by atoms with van der Waals surface area (Å²) in [7, 11) is 0. The van der Waals surface area contributed by atoms with E-state index in [-0.39, 0.29) is 6.10 Å². The van der Waals surface area contributed by atoms with Gasteiger partial charge in [-0.25, -0.2) is 0 Å². The molecule has 0 saturated carbocycles. The summed E-state index contributed by atoms with van der Waals surface area (Å²) in [4.78, 5) is 25.5. The Morgan fingerprint density at radius 2 is 2.00 bits per heavy atom. The Morgan fingerprint density at radius 1 is 1.24 bits per heavy atom. The predicted molar refractivity (Wildman–Crippen MR) is 77.7 cm³/mol. The molecule has 0 aromatic heterocycles. The molecule has 0 spiro atoms. The Labute approximate surface area is 124 Å². The first-order valence-electron chi connectivity index (χ1n) is 7.52. The first kappa shape index (κ1) is 14.1. The molecule has 112 valence electrons. The van der Waals surface area contributed by atoms with Crippen LogP contribution in [0, 0.1) is 0 Å². The number of benzene rings is 1. The molecule has 1 saturated heterocycles. The van der Waals surface area contributed by atoms with Crippen LogP contribution in [0.3, 0.4) is 0 Å². The van der Waals surface area contributed by atoms with Gasteiger partial charge >= 0.3 is 11.8 Å². The van der Waals surface area contributed by atoms with Crippen LogP contribution < -0.4 is 5.32 Å². The molecule has 2 aliphatic heterocycles. The van der Waals surface area contributed by atoms with Crippen LogP contribution in [0.4, 0.5) is 0 Å². The summed E-state index contributed by atoms with van der Waals surface area (Å²) in [6.07, 6.45) is 2.70. The molecule has 5 nitrogen and oxygen atoms in total. The molecule has 5 heteroatoms. The van der Waals surface area contributed by atoms with E-state index in [0.29, 0.717) is 26.2 Å². The van der Waals surface area contributed by atoms with Crippen molar-refractivity contribution in [3.05, 3.63) is 35.4 Å². The summed E-state index contributed by atoms with van der Waals surface area (Å²) in [5.74, 6) is -0.944. The Hall–Kier alpha value is -1.88. The fourth-order valence-electron chi connectivity index (χ4n) is 2.97. The molecule has 2 aliphatic rings. The van der Waals surface area contributed by atoms with Crippen molar-refractivity contribution >= 4 is 11.8 Å². The first-order chi connectivity index (χ1) is 10.3. The van der Waals surface area contributed by atoms with Crippen LogP contribution in [0.2, 0.25) is 0 Å². The van der Waals surface area contributed by atoms with Gasteiger partial charge in [0.25, 0.3) is 0 Å². The highest BCUT2D eigenvalue weighted by Crippen LogP contribution is 2.26. The lowest BCUT2D eigenvalue weighted by atomic mass is 9.97. The van der Waals surface area contributed by atoms with Gasteiger partial charge in [-0.15, -0.1) is 0 Å². The number of fused-ring (bicyclic) bond motifs is 1. The second-order valence-corrected chi connectivity index (χ2v) is 5.52. The predicted octanol–water partition coefficient (Wildman–Crippen LogP) is 1.04. The van der Waals surface area contributed by atoms with Gasteiger partial charge in [-0.1, -0.05) is 24.3 Å². The van der Waals surface area contributed by atoms with E-state index in [1.807, 2.05) is 18.2 Å². The zero-order chi connectivity index (χ0) is 14.7. The molecule has 1 fully saturated rings. The number of nitrogens with zero attached hydrogens (tertiary/aromatic N) is 1. The highest BCUT2D eigenvalue weighted by atomic mass is 16.5. The van der Waals surface area contributed by atoms with Crippen LogP contribution in [-0.2, 0) is 20.7 Å². The van der Waals surface area contributed by atoms with Gasteiger partial charge in [0.05, 0.1) is 6.61 Å². The van der Waals surface area contributed by atoms with E-state index in [9.17, 15) is 9.59 Å². The van der Waals surface area contributed by atoms with E-state index in [4.69, 9.17) is 4.74 Å². The first-order valence-corrected chi connectivity index (χ1v) is 7.52. The van der Waals surface area contributed by atoms with Gasteiger partial charge in [0.1, 0.15) is 6.10 Å². The van der Waals surface area contributed by atoms with E-state index < -0.39 is 11.8 Å². The average Bonchev–Trinajstić information content (AvgIpc) is 3.06. The fraction of sp³-hybridized carbons (Fsp3) is 0.500. The fourth-order valence-corrected chi connectivity index (χ4v) is 2.97. The lowest BCUT2D eigenvalue weighted by Crippen LogP contribution is -2.43. The van der Waals surface area contributed by atoms with E-state index in [1.54, 1.807) is 4.90 Å². The zero-order valence-corrected chi connectivity index (χ0v) is 12.0. The highest BCUT2D eigenvalue weighted by Gasteiger charge is 2.26. The lowest BCUT2D eigenvalue weighted by molar-refractivity contribution is -0.145. The molecule has 21 heavy (non-hydrogen) atoms. The Balaban J connectivity index is 1.58. The summed E-state index contributed by atoms with van der Waals surface area (Å²) in [6.45, 7) is 2.37. The normalized spacial score (nSPS) is 21.0. The van der Waals surface area contributed by atoms with Crippen LogP contribution in [0.25, 0.3) is 0 Å². The van der Waals surface area contributed by atoms with Crippen molar-refractivity contribution in [2.75, 3.05) is 26.2 Å². The minimum Gasteiger partial charge on any atom is -0.371 e.